The molecule has 33 heavy (non-hydrogen) atoms. The molecule has 2 aliphatic carbocycles. The number of aryl methyl sites for hydroxylation is 2. The highest BCUT2D eigenvalue weighted by Gasteiger charge is 2.30. The lowest BCUT2D eigenvalue weighted by Crippen LogP contribution is -2.28. The van der Waals surface area contributed by atoms with E-state index < -0.39 is 0 Å². The molecule has 5 nitrogen and oxygen atoms in total. The summed E-state index contributed by atoms with van der Waals surface area (Å²) in [6, 6.07) is 7.82. The first-order valence-corrected chi connectivity index (χ1v) is 11.9. The molecular formula is C27H28ClN3O2. The summed E-state index contributed by atoms with van der Waals surface area (Å²) < 4.78 is 8.02. The van der Waals surface area contributed by atoms with Crippen LogP contribution in [0.5, 0.6) is 0 Å². The van der Waals surface area contributed by atoms with E-state index in [9.17, 15) is 4.79 Å². The molecule has 0 saturated heterocycles. The molecule has 5 rings (SSSR count). The van der Waals surface area contributed by atoms with Crippen molar-refractivity contribution in [2.75, 3.05) is 6.54 Å². The van der Waals surface area contributed by atoms with E-state index in [-0.39, 0.29) is 11.3 Å². The van der Waals surface area contributed by atoms with Gasteiger partial charge in [-0.25, -0.2) is 0 Å². The largest absolute Gasteiger partial charge is 0.455 e. The molecule has 170 valence electrons. The third-order valence-corrected chi connectivity index (χ3v) is 6.94. The summed E-state index contributed by atoms with van der Waals surface area (Å²) in [6.45, 7) is 5.46. The molecule has 6 heteroatoms. The molecule has 2 aliphatic rings. The Hall–Kier alpha value is -3.05. The van der Waals surface area contributed by atoms with Gasteiger partial charge in [-0.1, -0.05) is 55.0 Å². The fourth-order valence-corrected chi connectivity index (χ4v) is 4.86. The van der Waals surface area contributed by atoms with Crippen LogP contribution in [-0.4, -0.2) is 22.2 Å². The molecule has 2 aromatic heterocycles. The maximum atomic E-state index is 12.9. The molecule has 1 aromatic carbocycles. The Labute approximate surface area is 199 Å². The molecule has 1 atom stereocenters. The maximum Gasteiger partial charge on any atom is 0.287 e. The second-order valence-corrected chi connectivity index (χ2v) is 9.77. The van der Waals surface area contributed by atoms with Crippen LogP contribution in [0.3, 0.4) is 0 Å². The van der Waals surface area contributed by atoms with E-state index in [1.165, 1.54) is 5.56 Å². The molecule has 1 unspecified atom stereocenters. The molecule has 1 N–H and O–H groups in total. The molecular weight excluding hydrogens is 434 g/mol. The van der Waals surface area contributed by atoms with Crippen LogP contribution >= 0.6 is 11.6 Å². The van der Waals surface area contributed by atoms with Crippen LogP contribution in [-0.2, 0) is 19.4 Å². The number of rotatable bonds is 6. The number of furan rings is 1. The van der Waals surface area contributed by atoms with Gasteiger partial charge in [0.15, 0.2) is 5.76 Å². The molecule has 0 aliphatic heterocycles. The Bertz CT molecular complexity index is 1250. The van der Waals surface area contributed by atoms with Crippen LogP contribution in [0.15, 0.2) is 59.2 Å². The zero-order chi connectivity index (χ0) is 23.0. The zero-order valence-electron chi connectivity index (χ0n) is 19.0. The Kier molecular flexibility index (Phi) is 5.75. The summed E-state index contributed by atoms with van der Waals surface area (Å²) in [5.41, 5.74) is 5.19. The minimum Gasteiger partial charge on any atom is -0.455 e. The number of benzene rings is 1. The topological polar surface area (TPSA) is 60.1 Å². The minimum atomic E-state index is -0.150. The van der Waals surface area contributed by atoms with Crippen molar-refractivity contribution in [2.24, 2.45) is 5.41 Å². The summed E-state index contributed by atoms with van der Waals surface area (Å²) >= 11 is 6.01. The van der Waals surface area contributed by atoms with Crippen molar-refractivity contribution < 1.29 is 9.21 Å². The lowest BCUT2D eigenvalue weighted by molar-refractivity contribution is 0.0919. The monoisotopic (exact) mass is 461 g/mol. The van der Waals surface area contributed by atoms with Crippen LogP contribution < -0.4 is 5.32 Å². The SMILES string of the molecule is Cc1c(C(=O)NCCC2(C)C=CC=CC2)oc2c1-c1nn(Cc3ccc(Cl)cc3)cc1CC2. The van der Waals surface area contributed by atoms with Gasteiger partial charge < -0.3 is 9.73 Å². The van der Waals surface area contributed by atoms with E-state index in [1.807, 2.05) is 35.9 Å². The summed E-state index contributed by atoms with van der Waals surface area (Å²) in [6.07, 6.45) is 14.2. The molecule has 0 spiro atoms. The molecule has 0 saturated carbocycles. The second kappa shape index (κ2) is 8.71. The van der Waals surface area contributed by atoms with Gasteiger partial charge >= 0.3 is 0 Å². The van der Waals surface area contributed by atoms with E-state index >= 15 is 0 Å². The average molecular weight is 462 g/mol. The van der Waals surface area contributed by atoms with Gasteiger partial charge in [-0.3, -0.25) is 9.48 Å². The number of nitrogens with zero attached hydrogens (tertiary/aromatic N) is 2. The van der Waals surface area contributed by atoms with E-state index in [1.54, 1.807) is 0 Å². The number of hydrogen-bond acceptors (Lipinski definition) is 3. The number of hydrogen-bond donors (Lipinski definition) is 1. The second-order valence-electron chi connectivity index (χ2n) is 9.33. The van der Waals surface area contributed by atoms with Gasteiger partial charge in [-0.15, -0.1) is 0 Å². The Balaban J connectivity index is 1.32. The molecule has 0 radical (unpaired) electrons. The van der Waals surface area contributed by atoms with Crippen molar-refractivity contribution in [2.45, 2.75) is 46.1 Å². The van der Waals surface area contributed by atoms with Gasteiger partial charge in [0, 0.05) is 35.3 Å². The number of carbonyl (C=O) groups excluding carboxylic acids is 1. The minimum absolute atomic E-state index is 0.0886. The van der Waals surface area contributed by atoms with Gasteiger partial charge in [0.25, 0.3) is 5.91 Å². The first-order valence-electron chi connectivity index (χ1n) is 11.5. The first kappa shape index (κ1) is 21.8. The summed E-state index contributed by atoms with van der Waals surface area (Å²) in [5.74, 6) is 1.11. The van der Waals surface area contributed by atoms with Crippen LogP contribution in [0.2, 0.25) is 5.02 Å². The lowest BCUT2D eigenvalue weighted by Gasteiger charge is -2.26. The summed E-state index contributed by atoms with van der Waals surface area (Å²) in [7, 11) is 0. The van der Waals surface area contributed by atoms with Crippen LogP contribution in [0, 0.1) is 12.3 Å². The summed E-state index contributed by atoms with van der Waals surface area (Å²) in [5, 5.41) is 8.64. The van der Waals surface area contributed by atoms with Gasteiger partial charge in [-0.05, 0) is 54.9 Å². The van der Waals surface area contributed by atoms with Crippen LogP contribution in [0.1, 0.15) is 52.8 Å². The van der Waals surface area contributed by atoms with Crippen molar-refractivity contribution in [1.29, 1.82) is 0 Å². The van der Waals surface area contributed by atoms with Crippen LogP contribution in [0.25, 0.3) is 11.3 Å². The van der Waals surface area contributed by atoms with Gasteiger partial charge in [0.2, 0.25) is 0 Å². The fraction of sp³-hybridized carbons (Fsp3) is 0.333. The van der Waals surface area contributed by atoms with Crippen LogP contribution in [0.4, 0.5) is 0 Å². The molecule has 1 amide bonds. The predicted octanol–water partition coefficient (Wildman–Crippen LogP) is 5.89. The summed E-state index contributed by atoms with van der Waals surface area (Å²) in [4.78, 5) is 12.9. The third-order valence-electron chi connectivity index (χ3n) is 6.69. The Morgan fingerprint density at radius 3 is 2.82 bits per heavy atom. The third kappa shape index (κ3) is 4.42. The number of aromatic nitrogens is 2. The van der Waals surface area contributed by atoms with E-state index in [0.717, 1.165) is 58.9 Å². The Morgan fingerprint density at radius 2 is 2.06 bits per heavy atom. The zero-order valence-corrected chi connectivity index (χ0v) is 19.8. The number of fused-ring (bicyclic) bond motifs is 3. The molecule has 0 fully saturated rings. The number of amides is 1. The van der Waals surface area contributed by atoms with Gasteiger partial charge in [0.05, 0.1) is 12.2 Å². The number of halogens is 1. The Morgan fingerprint density at radius 1 is 1.24 bits per heavy atom. The fourth-order valence-electron chi connectivity index (χ4n) is 4.74. The highest BCUT2D eigenvalue weighted by Crippen LogP contribution is 2.38. The number of carbonyl (C=O) groups is 1. The normalized spacial score (nSPS) is 18.8. The quantitative estimate of drug-likeness (QED) is 0.497. The highest BCUT2D eigenvalue weighted by atomic mass is 35.5. The standard InChI is InChI=1S/C27H28ClN3O2/c1-18-23-22(33-25(18)26(32)29-15-14-27(2)12-4-3-5-13-27)11-8-20-17-31(30-24(20)23)16-19-6-9-21(28)10-7-19/h3-7,9-10,12,17H,8,11,13-16H2,1-2H3,(H,29,32). The molecule has 3 aromatic rings. The van der Waals surface area contributed by atoms with Crippen molar-refractivity contribution in [3.05, 3.63) is 88.0 Å². The van der Waals surface area contributed by atoms with E-state index in [2.05, 4.69) is 42.7 Å². The maximum absolute atomic E-state index is 12.9. The molecule has 0 bridgehead atoms. The molecule has 2 heterocycles. The van der Waals surface area contributed by atoms with Crippen molar-refractivity contribution in [3.63, 3.8) is 0 Å². The lowest BCUT2D eigenvalue weighted by atomic mass is 9.81. The van der Waals surface area contributed by atoms with Crippen molar-refractivity contribution in [3.8, 4) is 11.3 Å². The number of nitrogens with one attached hydrogen (secondary N) is 1. The van der Waals surface area contributed by atoms with Crippen molar-refractivity contribution >= 4 is 17.5 Å². The smallest absolute Gasteiger partial charge is 0.287 e. The highest BCUT2D eigenvalue weighted by molar-refractivity contribution is 6.30. The van der Waals surface area contributed by atoms with Crippen molar-refractivity contribution in [1.82, 2.24) is 15.1 Å². The van der Waals surface area contributed by atoms with E-state index in [0.29, 0.717) is 18.8 Å². The van der Waals surface area contributed by atoms with Gasteiger partial charge in [-0.2, -0.15) is 5.10 Å². The number of allylic oxidation sites excluding steroid dienone is 4. The predicted molar refractivity (Wildman–Crippen MR) is 131 cm³/mol. The van der Waals surface area contributed by atoms with E-state index in [4.69, 9.17) is 21.1 Å². The van der Waals surface area contributed by atoms with Gasteiger partial charge in [0.1, 0.15) is 5.76 Å². The first-order chi connectivity index (χ1) is 15.9. The average Bonchev–Trinajstić information content (AvgIpc) is 3.36.